The average Bonchev–Trinajstić information content (AvgIpc) is 2.58. The molecule has 0 saturated heterocycles. The SMILES string of the molecule is Cc1ccc(OCc2ccccc2)c(C23CC4CC(C)(CC(C)(C4)C2)C3)c1. The minimum Gasteiger partial charge on any atom is -0.489 e. The van der Waals surface area contributed by atoms with Crippen LogP contribution in [0.25, 0.3) is 0 Å². The van der Waals surface area contributed by atoms with Gasteiger partial charge in [-0.15, -0.1) is 0 Å². The predicted octanol–water partition coefficient (Wildman–Crippen LogP) is 6.82. The highest BCUT2D eigenvalue weighted by Crippen LogP contribution is 2.70. The van der Waals surface area contributed by atoms with E-state index in [0.29, 0.717) is 22.9 Å². The molecule has 0 spiro atoms. The van der Waals surface area contributed by atoms with E-state index in [9.17, 15) is 0 Å². The van der Waals surface area contributed by atoms with Crippen LogP contribution in [0.2, 0.25) is 0 Å². The molecule has 0 aromatic heterocycles. The molecule has 2 aromatic rings. The van der Waals surface area contributed by atoms with E-state index in [4.69, 9.17) is 4.74 Å². The lowest BCUT2D eigenvalue weighted by Gasteiger charge is -2.65. The highest BCUT2D eigenvalue weighted by Gasteiger charge is 2.61. The average molecular weight is 361 g/mol. The van der Waals surface area contributed by atoms with Gasteiger partial charge in [-0.05, 0) is 73.8 Å². The van der Waals surface area contributed by atoms with E-state index in [1.54, 1.807) is 0 Å². The van der Waals surface area contributed by atoms with Gasteiger partial charge in [-0.25, -0.2) is 0 Å². The minimum absolute atomic E-state index is 0.320. The van der Waals surface area contributed by atoms with Gasteiger partial charge >= 0.3 is 0 Å². The van der Waals surface area contributed by atoms with Crippen LogP contribution in [0.4, 0.5) is 0 Å². The summed E-state index contributed by atoms with van der Waals surface area (Å²) in [4.78, 5) is 0. The van der Waals surface area contributed by atoms with Gasteiger partial charge in [-0.3, -0.25) is 0 Å². The molecule has 0 radical (unpaired) electrons. The number of rotatable bonds is 4. The van der Waals surface area contributed by atoms with Crippen LogP contribution in [0.15, 0.2) is 48.5 Å². The van der Waals surface area contributed by atoms with Gasteiger partial charge < -0.3 is 4.74 Å². The normalized spacial score (nSPS) is 36.8. The number of hydrogen-bond donors (Lipinski definition) is 0. The van der Waals surface area contributed by atoms with E-state index in [0.717, 1.165) is 11.7 Å². The molecule has 6 rings (SSSR count). The summed E-state index contributed by atoms with van der Waals surface area (Å²) < 4.78 is 6.43. The van der Waals surface area contributed by atoms with Crippen molar-refractivity contribution < 1.29 is 4.74 Å². The van der Waals surface area contributed by atoms with Gasteiger partial charge in [0.15, 0.2) is 0 Å². The standard InChI is InChI=1S/C26H32O/c1-19-9-10-23(27-15-20-7-5-4-6-8-20)22(11-19)26-14-21-12-24(2,17-26)16-25(3,13-21)18-26/h4-11,21H,12-18H2,1-3H3. The number of hydrogen-bond acceptors (Lipinski definition) is 1. The summed E-state index contributed by atoms with van der Waals surface area (Å²) in [5.74, 6) is 2.03. The van der Waals surface area contributed by atoms with Crippen LogP contribution in [-0.2, 0) is 12.0 Å². The van der Waals surface area contributed by atoms with Crippen molar-refractivity contribution >= 4 is 0 Å². The van der Waals surface area contributed by atoms with Crippen molar-refractivity contribution in [1.82, 2.24) is 0 Å². The lowest BCUT2D eigenvalue weighted by atomic mass is 9.39. The zero-order valence-electron chi connectivity index (χ0n) is 17.1. The Kier molecular flexibility index (Phi) is 3.77. The molecule has 142 valence electrons. The Bertz CT molecular complexity index is 834. The second-order valence-electron chi connectivity index (χ2n) is 10.7. The summed E-state index contributed by atoms with van der Waals surface area (Å²) in [6.07, 6.45) is 8.36. The van der Waals surface area contributed by atoms with Crippen molar-refractivity contribution in [2.75, 3.05) is 0 Å². The number of ether oxygens (including phenoxy) is 1. The largest absolute Gasteiger partial charge is 0.489 e. The van der Waals surface area contributed by atoms with Crippen LogP contribution in [0.5, 0.6) is 5.75 Å². The molecule has 0 heterocycles. The highest BCUT2D eigenvalue weighted by molar-refractivity contribution is 5.45. The van der Waals surface area contributed by atoms with Gasteiger partial charge in [0.2, 0.25) is 0 Å². The maximum atomic E-state index is 6.43. The molecule has 4 aliphatic carbocycles. The van der Waals surface area contributed by atoms with Crippen molar-refractivity contribution in [2.24, 2.45) is 16.7 Å². The number of benzene rings is 2. The minimum atomic E-state index is 0.320. The first-order chi connectivity index (χ1) is 12.9. The van der Waals surface area contributed by atoms with Gasteiger partial charge in [0.25, 0.3) is 0 Å². The third-order valence-electron chi connectivity index (χ3n) is 7.57. The third-order valence-corrected chi connectivity index (χ3v) is 7.57. The Balaban J connectivity index is 1.52. The lowest BCUT2D eigenvalue weighted by molar-refractivity contribution is -0.110. The van der Waals surface area contributed by atoms with Crippen LogP contribution in [0.1, 0.15) is 69.1 Å². The molecular formula is C26H32O. The summed E-state index contributed by atoms with van der Waals surface area (Å²) >= 11 is 0. The van der Waals surface area contributed by atoms with Crippen LogP contribution in [0, 0.1) is 23.7 Å². The molecule has 2 atom stereocenters. The maximum Gasteiger partial charge on any atom is 0.123 e. The van der Waals surface area contributed by atoms with E-state index in [1.165, 1.54) is 55.2 Å². The fourth-order valence-electron chi connectivity index (χ4n) is 7.67. The van der Waals surface area contributed by atoms with Crippen molar-refractivity contribution in [1.29, 1.82) is 0 Å². The fraction of sp³-hybridized carbons (Fsp3) is 0.538. The number of aryl methyl sites for hydroxylation is 1. The maximum absolute atomic E-state index is 6.43. The van der Waals surface area contributed by atoms with Crippen molar-refractivity contribution in [3.8, 4) is 5.75 Å². The summed E-state index contributed by atoms with van der Waals surface area (Å²) in [6.45, 7) is 8.01. The molecule has 4 bridgehead atoms. The molecule has 4 fully saturated rings. The second kappa shape index (κ2) is 5.87. The summed E-state index contributed by atoms with van der Waals surface area (Å²) in [5, 5.41) is 0. The predicted molar refractivity (Wildman–Crippen MR) is 111 cm³/mol. The van der Waals surface area contributed by atoms with Gasteiger partial charge in [0.1, 0.15) is 12.4 Å². The summed E-state index contributed by atoms with van der Waals surface area (Å²) in [5.41, 5.74) is 5.47. The van der Waals surface area contributed by atoms with Crippen molar-refractivity contribution in [3.05, 3.63) is 65.2 Å². The molecule has 0 amide bonds. The highest BCUT2D eigenvalue weighted by atomic mass is 16.5. The summed E-state index contributed by atoms with van der Waals surface area (Å²) in [6, 6.07) is 17.5. The molecule has 27 heavy (non-hydrogen) atoms. The van der Waals surface area contributed by atoms with Crippen molar-refractivity contribution in [3.63, 3.8) is 0 Å². The summed E-state index contributed by atoms with van der Waals surface area (Å²) in [7, 11) is 0. The quantitative estimate of drug-likeness (QED) is 0.581. The molecule has 1 heteroatoms. The first kappa shape index (κ1) is 17.3. The molecule has 1 nitrogen and oxygen atoms in total. The first-order valence-corrected chi connectivity index (χ1v) is 10.7. The van der Waals surface area contributed by atoms with E-state index >= 15 is 0 Å². The molecule has 4 aliphatic rings. The van der Waals surface area contributed by atoms with Crippen LogP contribution < -0.4 is 4.74 Å². The zero-order valence-corrected chi connectivity index (χ0v) is 17.1. The Labute approximate surface area is 164 Å². The lowest BCUT2D eigenvalue weighted by Crippen LogP contribution is -2.56. The van der Waals surface area contributed by atoms with Gasteiger partial charge in [-0.2, -0.15) is 0 Å². The fourth-order valence-corrected chi connectivity index (χ4v) is 7.67. The van der Waals surface area contributed by atoms with E-state index in [1.807, 2.05) is 0 Å². The molecule has 4 saturated carbocycles. The van der Waals surface area contributed by atoms with Crippen LogP contribution >= 0.6 is 0 Å². The van der Waals surface area contributed by atoms with Gasteiger partial charge in [-0.1, -0.05) is 61.9 Å². The molecule has 2 unspecified atom stereocenters. The first-order valence-electron chi connectivity index (χ1n) is 10.7. The smallest absolute Gasteiger partial charge is 0.123 e. The Hall–Kier alpha value is -1.76. The topological polar surface area (TPSA) is 9.23 Å². The third kappa shape index (κ3) is 3.00. The molecular weight excluding hydrogens is 328 g/mol. The van der Waals surface area contributed by atoms with E-state index in [2.05, 4.69) is 69.3 Å². The van der Waals surface area contributed by atoms with Gasteiger partial charge in [0, 0.05) is 11.0 Å². The Morgan fingerprint density at radius 3 is 2.26 bits per heavy atom. The van der Waals surface area contributed by atoms with E-state index in [-0.39, 0.29) is 0 Å². The monoisotopic (exact) mass is 360 g/mol. The van der Waals surface area contributed by atoms with Gasteiger partial charge in [0.05, 0.1) is 0 Å². The van der Waals surface area contributed by atoms with Crippen molar-refractivity contribution in [2.45, 2.75) is 71.3 Å². The van der Waals surface area contributed by atoms with Crippen LogP contribution in [-0.4, -0.2) is 0 Å². The Morgan fingerprint density at radius 1 is 0.889 bits per heavy atom. The molecule has 0 aliphatic heterocycles. The molecule has 2 aromatic carbocycles. The van der Waals surface area contributed by atoms with Crippen LogP contribution in [0.3, 0.4) is 0 Å². The molecule has 0 N–H and O–H groups in total. The Morgan fingerprint density at radius 2 is 1.59 bits per heavy atom. The second-order valence-corrected chi connectivity index (χ2v) is 10.7. The van der Waals surface area contributed by atoms with E-state index < -0.39 is 0 Å². The zero-order chi connectivity index (χ0) is 18.7.